The molecule has 42 nitrogen and oxygen atoms in total. The number of aliphatic hydroxyl groups excluding tert-OH is 2. The Labute approximate surface area is 742 Å². The fraction of sp³-hybridized carbons (Fsp3) is 0.529. The number of hydrogen-bond donors (Lipinski definition) is 19. The van der Waals surface area contributed by atoms with Crippen molar-refractivity contribution >= 4 is 140 Å². The monoisotopic (exact) mass is 1800 g/mol. The number of aromatic nitrogens is 2. The highest BCUT2D eigenvalue weighted by molar-refractivity contribution is 8.00. The summed E-state index contributed by atoms with van der Waals surface area (Å²) in [6.45, 7) is 3.40. The first-order valence-electron chi connectivity index (χ1n) is 42.6. The van der Waals surface area contributed by atoms with E-state index in [2.05, 4.69) is 63.1 Å². The summed E-state index contributed by atoms with van der Waals surface area (Å²) in [6.07, 6.45) is -0.117. The van der Waals surface area contributed by atoms with E-state index in [4.69, 9.17) is 22.9 Å². The second-order valence-electron chi connectivity index (χ2n) is 32.3. The average Bonchev–Trinajstić information content (AvgIpc) is 1.66. The number of aromatic hydroxyl groups is 1. The molecular weight excluding hydrogens is 1680 g/mol. The van der Waals surface area contributed by atoms with Gasteiger partial charge in [0.05, 0.1) is 24.8 Å². The zero-order chi connectivity index (χ0) is 93.9. The normalized spacial score (nSPS) is 25.5. The van der Waals surface area contributed by atoms with Crippen molar-refractivity contribution < 1.29 is 102 Å². The predicted molar refractivity (Wildman–Crippen MR) is 467 cm³/mol. The topological polar surface area (TPSA) is 640 Å². The highest BCUT2D eigenvalue weighted by Crippen LogP contribution is 2.28. The van der Waals surface area contributed by atoms with Gasteiger partial charge in [-0.25, -0.2) is 0 Å². The van der Waals surface area contributed by atoms with Crippen molar-refractivity contribution in [3.8, 4) is 5.75 Å². The van der Waals surface area contributed by atoms with Gasteiger partial charge in [-0.2, -0.15) is 0 Å². The van der Waals surface area contributed by atoms with Gasteiger partial charge in [-0.1, -0.05) is 88.1 Å². The Hall–Kier alpha value is -12.8. The number of phenolic OH excluding ortho intramolecular Hbond substituents is 1. The van der Waals surface area contributed by atoms with E-state index in [1.807, 2.05) is 13.8 Å². The lowest BCUT2D eigenvalue weighted by Crippen LogP contribution is -2.61. The van der Waals surface area contributed by atoms with Crippen molar-refractivity contribution in [2.24, 2.45) is 22.9 Å². The van der Waals surface area contributed by atoms with Crippen LogP contribution >= 0.6 is 11.8 Å². The number of aliphatic hydroxyl groups is 2. The summed E-state index contributed by atoms with van der Waals surface area (Å²) in [5.74, 6) is -18.5. The number of nitrogens with one attached hydrogen (secondary N) is 12. The summed E-state index contributed by atoms with van der Waals surface area (Å²) in [5, 5.41) is 59.1. The molecule has 3 saturated heterocycles. The number of carbonyl (C=O) groups is 18. The Kier molecular flexibility index (Phi) is 37.5. The number of para-hydroxylation sites is 2. The number of H-pyrrole nitrogens is 2. The van der Waals surface area contributed by atoms with E-state index >= 15 is 28.8 Å². The molecule has 2 aromatic heterocycles. The summed E-state index contributed by atoms with van der Waals surface area (Å²) in [4.78, 5) is 270. The molecule has 43 heteroatoms. The number of aromatic amines is 2. The van der Waals surface area contributed by atoms with Crippen LogP contribution in [0.2, 0.25) is 0 Å². The molecular formula is C85H119N21O21S. The minimum absolute atomic E-state index is 0.0120. The molecule has 18 amide bonds. The summed E-state index contributed by atoms with van der Waals surface area (Å²) >= 11 is 0.771. The quantitative estimate of drug-likeness (QED) is 0.0293. The van der Waals surface area contributed by atoms with E-state index in [1.54, 1.807) is 60.9 Å². The van der Waals surface area contributed by atoms with E-state index in [0.29, 0.717) is 64.2 Å². The maximum Gasteiger partial charge on any atom is 0.246 e. The first kappa shape index (κ1) is 101. The second kappa shape index (κ2) is 47.7. The summed E-state index contributed by atoms with van der Waals surface area (Å²) < 4.78 is 0. The Morgan fingerprint density at radius 2 is 1.05 bits per heavy atom. The molecule has 0 saturated carbocycles. The number of nitrogens with two attached hydrogens (primary N) is 4. The molecule has 0 spiro atoms. The standard InChI is InChI=1S/C85H119N21O21S/c1-8-10-21-64-78(120)93-45(3)72(114)101-63(74(116)92-41-70(89)112)43-128-44-71(113)94-59(33-47-24-26-50(108)27-25-47)81(123)102(5)46(4)73(115)98-61(37-69(88)111)84(126)105-31-16-23-65(105)79(121)100-62(38-86)77(119)96-57(28-29-68(87)110)83(125)106-42-51(109)36-67(106)80(122)97-58(34-48-39-90-54-19-14-12-17-52(48)54)76(118)95-56(30-32-107)75(117)99-60(35-49-40-91-55-20-15-13-18-53(49)55)82(124)104(7)66(22-11-9-2)85(127)103(64)6/h12-15,17-20,24-27,39-40,45-46,51,56-67,90-91,107-109H,8-11,16,21-23,28-38,41-44,86H2,1-7H3,(H2,87,110)(H2,88,111)(H2,89,112)(H,92,116)(H,93,120)(H,94,113)(H,95,118)(H,96,119)(H,97,122)(H,98,115)(H,99,117)(H,100,121)(H,101,114)/t45-,46-,51+,56-,57-,58-,59-,60-,61-,62-,63-,64-,65?,66-,67-/m0/s1. The zero-order valence-electron chi connectivity index (χ0n) is 72.7. The molecule has 15 atom stereocenters. The van der Waals surface area contributed by atoms with Crippen molar-refractivity contribution in [1.29, 1.82) is 0 Å². The number of unbranched alkanes of at least 4 members (excludes halogenated alkanes) is 2. The maximum atomic E-state index is 15.7. The van der Waals surface area contributed by atoms with E-state index in [0.717, 1.165) is 36.3 Å². The van der Waals surface area contributed by atoms with Gasteiger partial charge in [0, 0.05) is 119 Å². The van der Waals surface area contributed by atoms with Crippen LogP contribution in [-0.4, -0.2) is 312 Å². The van der Waals surface area contributed by atoms with E-state index in [-0.39, 0.29) is 57.2 Å². The van der Waals surface area contributed by atoms with Crippen LogP contribution < -0.4 is 76.1 Å². The Bertz CT molecular complexity index is 4860. The number of phenols is 1. The van der Waals surface area contributed by atoms with Crippen molar-refractivity contribution in [3.05, 3.63) is 102 Å². The minimum atomic E-state index is -1.80. The molecule has 3 fully saturated rings. The molecule has 128 heavy (non-hydrogen) atoms. The lowest BCUT2D eigenvalue weighted by Gasteiger charge is -2.36. The third-order valence-corrected chi connectivity index (χ3v) is 24.0. The Morgan fingerprint density at radius 3 is 1.65 bits per heavy atom. The molecule has 0 aliphatic carbocycles. The summed E-state index contributed by atoms with van der Waals surface area (Å²) in [6, 6.07) is -2.44. The largest absolute Gasteiger partial charge is 0.508 e. The van der Waals surface area contributed by atoms with Gasteiger partial charge < -0.3 is 126 Å². The smallest absolute Gasteiger partial charge is 0.246 e. The molecule has 3 aliphatic heterocycles. The van der Waals surface area contributed by atoms with Crippen LogP contribution in [0, 0.1) is 0 Å². The molecule has 0 radical (unpaired) electrons. The molecule has 3 aromatic carbocycles. The van der Waals surface area contributed by atoms with Crippen LogP contribution in [0.5, 0.6) is 5.75 Å². The summed E-state index contributed by atoms with van der Waals surface area (Å²) in [5.41, 5.74) is 25.4. The number of carbonyl (C=O) groups excluding carboxylic acids is 18. The summed E-state index contributed by atoms with van der Waals surface area (Å²) in [7, 11) is 3.90. The number of rotatable bonds is 23. The van der Waals surface area contributed by atoms with Gasteiger partial charge in [0.2, 0.25) is 106 Å². The fourth-order valence-corrected chi connectivity index (χ4v) is 16.4. The third kappa shape index (κ3) is 27.4. The van der Waals surface area contributed by atoms with E-state index < -0.39 is 267 Å². The van der Waals surface area contributed by atoms with Crippen LogP contribution in [0.3, 0.4) is 0 Å². The van der Waals surface area contributed by atoms with Gasteiger partial charge in [-0.15, -0.1) is 11.8 Å². The predicted octanol–water partition coefficient (Wildman–Crippen LogP) is -4.57. The molecule has 23 N–H and O–H groups in total. The number of benzene rings is 3. The average molecular weight is 1800 g/mol. The van der Waals surface area contributed by atoms with Crippen molar-refractivity contribution in [2.45, 2.75) is 221 Å². The SMILES string of the molecule is CCCC[C@H]1C(=O)N(C)[C@@H](CCCC)C(=O)N[C@@H](C)C(=O)N[C@H](C(=O)NCC(N)=O)CSCC(=O)N[C@@H](Cc2ccc(O)cc2)C(=O)N(C)[C@@H](C)C(=O)N[C@@H](CC(N)=O)C(=O)N2CCCC2C(=O)N[C@@H](CN)C(=O)N[C@@H](CCC(N)=O)C(=O)N2C[C@H](O)C[C@H]2C(=O)N[C@@H](Cc2c[nH]c3ccccc23)C(=O)N[C@@H](CCO)C(=O)N[C@@H](Cc2c[nH]c3ccccc23)C(=O)N1C. The van der Waals surface area contributed by atoms with Gasteiger partial charge in [0.25, 0.3) is 0 Å². The first-order valence-corrected chi connectivity index (χ1v) is 43.7. The number of fused-ring (bicyclic) bond motifs is 4. The number of thioether (sulfide) groups is 1. The van der Waals surface area contributed by atoms with Crippen molar-refractivity contribution in [2.75, 3.05) is 65.4 Å². The molecule has 0 bridgehead atoms. The van der Waals surface area contributed by atoms with Crippen LogP contribution in [0.1, 0.15) is 128 Å². The van der Waals surface area contributed by atoms with E-state index in [9.17, 15) is 72.9 Å². The van der Waals surface area contributed by atoms with Crippen LogP contribution in [0.4, 0.5) is 0 Å². The molecule has 5 aromatic rings. The van der Waals surface area contributed by atoms with E-state index in [1.165, 1.54) is 59.3 Å². The van der Waals surface area contributed by atoms with Crippen molar-refractivity contribution in [3.63, 3.8) is 0 Å². The van der Waals surface area contributed by atoms with Gasteiger partial charge in [-0.05, 0) is 93.3 Å². The first-order chi connectivity index (χ1) is 60.9. The number of primary amides is 3. The number of likely N-dealkylation sites (N-methyl/N-ethyl adjacent to an activating group) is 3. The number of nitrogens with zero attached hydrogens (tertiary/aromatic N) is 5. The van der Waals surface area contributed by atoms with Gasteiger partial charge >= 0.3 is 0 Å². The second-order valence-corrected chi connectivity index (χ2v) is 33.4. The number of amides is 18. The third-order valence-electron chi connectivity index (χ3n) is 22.9. The lowest BCUT2D eigenvalue weighted by molar-refractivity contribution is -0.149. The van der Waals surface area contributed by atoms with Crippen LogP contribution in [0.15, 0.2) is 85.2 Å². The number of hydrogen-bond acceptors (Lipinski definition) is 23. The molecule has 5 heterocycles. The highest BCUT2D eigenvalue weighted by atomic mass is 32.2. The Morgan fingerprint density at radius 1 is 0.516 bits per heavy atom. The molecule has 1 unspecified atom stereocenters. The molecule has 696 valence electrons. The minimum Gasteiger partial charge on any atom is -0.508 e. The maximum absolute atomic E-state index is 15.7. The highest BCUT2D eigenvalue weighted by Gasteiger charge is 2.46. The molecule has 3 aliphatic rings. The van der Waals surface area contributed by atoms with Gasteiger partial charge in [0.15, 0.2) is 0 Å². The van der Waals surface area contributed by atoms with Gasteiger partial charge in [0.1, 0.15) is 90.3 Å². The van der Waals surface area contributed by atoms with Crippen LogP contribution in [0.25, 0.3) is 21.8 Å². The van der Waals surface area contributed by atoms with Crippen LogP contribution in [-0.2, 0) is 106 Å². The lowest BCUT2D eigenvalue weighted by atomic mass is 10.00. The van der Waals surface area contributed by atoms with Crippen molar-refractivity contribution in [1.82, 2.24) is 87.6 Å². The molecule has 8 rings (SSSR count). The fourth-order valence-electron chi connectivity index (χ4n) is 15.6. The van der Waals surface area contributed by atoms with Gasteiger partial charge in [-0.3, -0.25) is 86.3 Å². The zero-order valence-corrected chi connectivity index (χ0v) is 73.5. The Balaban J connectivity index is 1.17.